The van der Waals surface area contributed by atoms with Crippen LogP contribution in [0.5, 0.6) is 5.75 Å². The molecule has 0 fully saturated rings. The number of nitrogens with one attached hydrogen (secondary N) is 1. The molecule has 0 unspecified atom stereocenters. The molecular formula is C25H24N4O2S. The average molecular weight is 445 g/mol. The van der Waals surface area contributed by atoms with Gasteiger partial charge in [-0.05, 0) is 55.3 Å². The topological polar surface area (TPSA) is 69.0 Å². The minimum absolute atomic E-state index is 0.0887. The molecule has 0 aliphatic carbocycles. The molecule has 0 saturated carbocycles. The van der Waals surface area contributed by atoms with E-state index >= 15 is 0 Å². The standard InChI is InChI=1S/C25H24N4O2S/c1-17-8-7-11-22(18(17)2)26-23(30)16-32-25-28-27-24(19-9-5-4-6-10-19)29(25)20-12-14-21(31-3)15-13-20/h4-15H,16H2,1-3H3,(H,26,30). The summed E-state index contributed by atoms with van der Waals surface area (Å²) >= 11 is 1.35. The van der Waals surface area contributed by atoms with E-state index in [2.05, 4.69) is 15.5 Å². The van der Waals surface area contributed by atoms with Crippen LogP contribution < -0.4 is 10.1 Å². The fraction of sp³-hybridized carbons (Fsp3) is 0.160. The number of carbonyl (C=O) groups is 1. The average Bonchev–Trinajstić information content (AvgIpc) is 3.25. The number of ether oxygens (including phenoxy) is 1. The van der Waals surface area contributed by atoms with E-state index in [1.807, 2.05) is 91.2 Å². The minimum atomic E-state index is -0.0887. The molecule has 7 heteroatoms. The second-order valence-electron chi connectivity index (χ2n) is 7.29. The van der Waals surface area contributed by atoms with E-state index in [4.69, 9.17) is 4.74 Å². The summed E-state index contributed by atoms with van der Waals surface area (Å²) in [4.78, 5) is 12.7. The Morgan fingerprint density at radius 2 is 1.72 bits per heavy atom. The van der Waals surface area contributed by atoms with Gasteiger partial charge in [0.25, 0.3) is 0 Å². The van der Waals surface area contributed by atoms with Crippen molar-refractivity contribution >= 4 is 23.4 Å². The van der Waals surface area contributed by atoms with Gasteiger partial charge in [0.05, 0.1) is 12.9 Å². The summed E-state index contributed by atoms with van der Waals surface area (Å²) in [6, 6.07) is 23.5. The van der Waals surface area contributed by atoms with Crippen molar-refractivity contribution in [3.8, 4) is 22.8 Å². The van der Waals surface area contributed by atoms with E-state index in [1.54, 1.807) is 7.11 Å². The van der Waals surface area contributed by atoms with Crippen molar-refractivity contribution in [1.29, 1.82) is 0 Å². The highest BCUT2D eigenvalue weighted by atomic mass is 32.2. The zero-order chi connectivity index (χ0) is 22.5. The van der Waals surface area contributed by atoms with Crippen LogP contribution in [0.2, 0.25) is 0 Å². The van der Waals surface area contributed by atoms with Crippen LogP contribution in [-0.4, -0.2) is 33.5 Å². The highest BCUT2D eigenvalue weighted by molar-refractivity contribution is 7.99. The van der Waals surface area contributed by atoms with Crippen molar-refractivity contribution in [1.82, 2.24) is 14.8 Å². The SMILES string of the molecule is COc1ccc(-n2c(SCC(=O)Nc3cccc(C)c3C)nnc2-c2ccccc2)cc1. The van der Waals surface area contributed by atoms with Gasteiger partial charge < -0.3 is 10.1 Å². The molecule has 1 aromatic heterocycles. The van der Waals surface area contributed by atoms with Gasteiger partial charge in [0.2, 0.25) is 5.91 Å². The van der Waals surface area contributed by atoms with Crippen molar-refractivity contribution in [2.24, 2.45) is 0 Å². The number of nitrogens with zero attached hydrogens (tertiary/aromatic N) is 3. The molecule has 0 bridgehead atoms. The van der Waals surface area contributed by atoms with Crippen LogP contribution in [0.4, 0.5) is 5.69 Å². The minimum Gasteiger partial charge on any atom is -0.497 e. The zero-order valence-corrected chi connectivity index (χ0v) is 19.0. The lowest BCUT2D eigenvalue weighted by Gasteiger charge is -2.12. The second-order valence-corrected chi connectivity index (χ2v) is 8.23. The van der Waals surface area contributed by atoms with E-state index in [9.17, 15) is 4.79 Å². The third-order valence-electron chi connectivity index (χ3n) is 5.21. The van der Waals surface area contributed by atoms with Crippen molar-refractivity contribution in [2.45, 2.75) is 19.0 Å². The second kappa shape index (κ2) is 9.70. The lowest BCUT2D eigenvalue weighted by molar-refractivity contribution is -0.113. The monoisotopic (exact) mass is 444 g/mol. The number of carbonyl (C=O) groups excluding carboxylic acids is 1. The predicted molar refractivity (Wildman–Crippen MR) is 129 cm³/mol. The van der Waals surface area contributed by atoms with Crippen LogP contribution in [0, 0.1) is 13.8 Å². The van der Waals surface area contributed by atoms with Crippen molar-refractivity contribution in [3.05, 3.63) is 83.9 Å². The lowest BCUT2D eigenvalue weighted by Crippen LogP contribution is -2.15. The molecule has 1 heterocycles. The number of aromatic nitrogens is 3. The number of methoxy groups -OCH3 is 1. The Bertz CT molecular complexity index is 1220. The molecular weight excluding hydrogens is 420 g/mol. The van der Waals surface area contributed by atoms with E-state index < -0.39 is 0 Å². The molecule has 32 heavy (non-hydrogen) atoms. The number of rotatable bonds is 7. The number of thioether (sulfide) groups is 1. The number of amides is 1. The summed E-state index contributed by atoms with van der Waals surface area (Å²) in [7, 11) is 1.64. The predicted octanol–water partition coefficient (Wildman–Crippen LogP) is 5.29. The Balaban J connectivity index is 1.60. The number of anilines is 1. The van der Waals surface area contributed by atoms with Gasteiger partial charge >= 0.3 is 0 Å². The lowest BCUT2D eigenvalue weighted by atomic mass is 10.1. The van der Waals surface area contributed by atoms with Crippen LogP contribution in [0.1, 0.15) is 11.1 Å². The molecule has 6 nitrogen and oxygen atoms in total. The zero-order valence-electron chi connectivity index (χ0n) is 18.2. The first-order chi connectivity index (χ1) is 15.6. The van der Waals surface area contributed by atoms with Crippen molar-refractivity contribution in [3.63, 3.8) is 0 Å². The summed E-state index contributed by atoms with van der Waals surface area (Å²) < 4.78 is 7.25. The molecule has 3 aromatic carbocycles. The Hall–Kier alpha value is -3.58. The fourth-order valence-electron chi connectivity index (χ4n) is 3.30. The van der Waals surface area contributed by atoms with Crippen LogP contribution in [0.25, 0.3) is 17.1 Å². The van der Waals surface area contributed by atoms with Crippen molar-refractivity contribution < 1.29 is 9.53 Å². The first-order valence-electron chi connectivity index (χ1n) is 10.2. The van der Waals surface area contributed by atoms with Gasteiger partial charge in [-0.3, -0.25) is 9.36 Å². The maximum atomic E-state index is 12.7. The molecule has 0 spiro atoms. The largest absolute Gasteiger partial charge is 0.497 e. The molecule has 0 atom stereocenters. The highest BCUT2D eigenvalue weighted by Gasteiger charge is 2.17. The van der Waals surface area contributed by atoms with Crippen LogP contribution in [0.3, 0.4) is 0 Å². The van der Waals surface area contributed by atoms with Crippen molar-refractivity contribution in [2.75, 3.05) is 18.2 Å². The molecule has 4 rings (SSSR count). The van der Waals surface area contributed by atoms with Gasteiger partial charge in [-0.1, -0.05) is 54.2 Å². The Morgan fingerprint density at radius 3 is 2.44 bits per heavy atom. The smallest absolute Gasteiger partial charge is 0.234 e. The van der Waals surface area contributed by atoms with E-state index in [-0.39, 0.29) is 11.7 Å². The van der Waals surface area contributed by atoms with Gasteiger partial charge in [-0.2, -0.15) is 0 Å². The summed E-state index contributed by atoms with van der Waals surface area (Å²) in [5, 5.41) is 12.5. The maximum absolute atomic E-state index is 12.7. The first kappa shape index (κ1) is 21.6. The molecule has 162 valence electrons. The fourth-order valence-corrected chi connectivity index (χ4v) is 4.06. The first-order valence-corrected chi connectivity index (χ1v) is 11.2. The molecule has 4 aromatic rings. The van der Waals surface area contributed by atoms with E-state index in [0.717, 1.165) is 33.8 Å². The molecule has 0 radical (unpaired) electrons. The van der Waals surface area contributed by atoms with Crippen LogP contribution >= 0.6 is 11.8 Å². The molecule has 0 aliphatic heterocycles. The Morgan fingerprint density at radius 1 is 0.969 bits per heavy atom. The normalized spacial score (nSPS) is 10.7. The summed E-state index contributed by atoms with van der Waals surface area (Å²) in [5.41, 5.74) is 4.88. The Kier molecular flexibility index (Phi) is 6.56. The van der Waals surface area contributed by atoms with Crippen LogP contribution in [0.15, 0.2) is 78.0 Å². The quantitative estimate of drug-likeness (QED) is 0.392. The summed E-state index contributed by atoms with van der Waals surface area (Å²) in [6.07, 6.45) is 0. The van der Waals surface area contributed by atoms with Gasteiger partial charge in [-0.25, -0.2) is 0 Å². The number of hydrogen-bond acceptors (Lipinski definition) is 5. The number of aryl methyl sites for hydroxylation is 1. The summed E-state index contributed by atoms with van der Waals surface area (Å²) in [5.74, 6) is 1.61. The van der Waals surface area contributed by atoms with Gasteiger partial charge in [0.15, 0.2) is 11.0 Å². The molecule has 1 amide bonds. The van der Waals surface area contributed by atoms with Gasteiger partial charge in [-0.15, -0.1) is 10.2 Å². The van der Waals surface area contributed by atoms with E-state index in [0.29, 0.717) is 11.0 Å². The maximum Gasteiger partial charge on any atom is 0.234 e. The Labute approximate surface area is 191 Å². The molecule has 0 aliphatic rings. The van der Waals surface area contributed by atoms with Gasteiger partial charge in [0, 0.05) is 16.9 Å². The van der Waals surface area contributed by atoms with E-state index in [1.165, 1.54) is 11.8 Å². The molecule has 0 saturated heterocycles. The third kappa shape index (κ3) is 4.68. The number of benzene rings is 3. The van der Waals surface area contributed by atoms with Gasteiger partial charge in [0.1, 0.15) is 5.75 Å². The molecule has 1 N–H and O–H groups in total. The highest BCUT2D eigenvalue weighted by Crippen LogP contribution is 2.29. The third-order valence-corrected chi connectivity index (χ3v) is 6.14. The summed E-state index contributed by atoms with van der Waals surface area (Å²) in [6.45, 7) is 4.03. The number of hydrogen-bond donors (Lipinski definition) is 1. The van der Waals surface area contributed by atoms with Crippen LogP contribution in [-0.2, 0) is 4.79 Å².